The summed E-state index contributed by atoms with van der Waals surface area (Å²) in [6, 6.07) is 0. The number of unbranched alkanes of at least 4 members (excludes halogenated alkanes) is 7. The predicted octanol–water partition coefficient (Wildman–Crippen LogP) is 3.70. The number of nitrogens with zero attached hydrogens (tertiary/aromatic N) is 1. The summed E-state index contributed by atoms with van der Waals surface area (Å²) in [5, 5.41) is 0. The first-order valence-electron chi connectivity index (χ1n) is 8.42. The van der Waals surface area contributed by atoms with Crippen LogP contribution in [0, 0.1) is 5.41 Å². The maximum absolute atomic E-state index is 11.9. The van der Waals surface area contributed by atoms with Crippen molar-refractivity contribution in [1.82, 2.24) is 4.90 Å². The molecule has 0 aromatic heterocycles. The van der Waals surface area contributed by atoms with Gasteiger partial charge in [-0.3, -0.25) is 4.79 Å². The third-order valence-corrected chi connectivity index (χ3v) is 3.64. The molecule has 0 heterocycles. The van der Waals surface area contributed by atoms with Gasteiger partial charge in [-0.05, 0) is 6.42 Å². The van der Waals surface area contributed by atoms with Crippen molar-refractivity contribution in [2.45, 2.75) is 78.6 Å². The van der Waals surface area contributed by atoms with Crippen molar-refractivity contribution in [3.05, 3.63) is 0 Å². The van der Waals surface area contributed by atoms with Crippen LogP contribution in [0.2, 0.25) is 0 Å². The zero-order valence-electron chi connectivity index (χ0n) is 15.4. The Kier molecular flexibility index (Phi) is 14.0. The second kappa shape index (κ2) is 12.9. The molecule has 0 rings (SSSR count). The van der Waals surface area contributed by atoms with E-state index in [1.54, 1.807) is 4.90 Å². The number of amides is 1. The maximum Gasteiger partial charge on any atom is 0.466 e. The fourth-order valence-corrected chi connectivity index (χ4v) is 2.41. The second-order valence-electron chi connectivity index (χ2n) is 6.82. The predicted molar refractivity (Wildman–Crippen MR) is 94.0 cm³/mol. The van der Waals surface area contributed by atoms with Crippen LogP contribution in [0.5, 0.6) is 0 Å². The molecule has 0 radical (unpaired) electrons. The molecule has 0 atom stereocenters. The van der Waals surface area contributed by atoms with Crippen LogP contribution in [-0.2, 0) is 9.36 Å². The van der Waals surface area contributed by atoms with Crippen LogP contribution in [0.4, 0.5) is 0 Å². The number of carbonyl (C=O) groups is 1. The van der Waals surface area contributed by atoms with Gasteiger partial charge < -0.3 is 19.6 Å². The summed E-state index contributed by atoms with van der Waals surface area (Å²) in [6.45, 7) is 6.39. The lowest BCUT2D eigenvalue weighted by molar-refractivity contribution is -0.138. The Morgan fingerprint density at radius 1 is 0.913 bits per heavy atom. The number of hydrogen-bond acceptors (Lipinski definition) is 2. The Hall–Kier alpha value is -0.420. The number of phosphoric acid groups is 1. The van der Waals surface area contributed by atoms with Crippen molar-refractivity contribution in [3.8, 4) is 0 Å². The maximum atomic E-state index is 11.9. The van der Waals surface area contributed by atoms with Crippen LogP contribution in [0.15, 0.2) is 0 Å². The number of hydrogen-bond donors (Lipinski definition) is 3. The minimum atomic E-state index is -4.64. The molecule has 0 aromatic rings. The summed E-state index contributed by atoms with van der Waals surface area (Å²) in [5.41, 5.74) is -0.189. The minimum absolute atomic E-state index is 0.189. The second-order valence-corrected chi connectivity index (χ2v) is 7.85. The fraction of sp³-hybridized carbons (Fsp3) is 0.938. The lowest BCUT2D eigenvalue weighted by atomic mass is 9.85. The standard InChI is InChI=1S/C16H33NO.H3O4P/c1-6-7-8-9-10-11-12-13-14-16(2,3)15(18)17(4)5;1-5(2,3)4/h6-14H2,1-5H3;(H3,1,2,3,4). The van der Waals surface area contributed by atoms with Crippen molar-refractivity contribution >= 4 is 13.7 Å². The summed E-state index contributed by atoms with van der Waals surface area (Å²) in [6.07, 6.45) is 11.6. The Morgan fingerprint density at radius 3 is 1.61 bits per heavy atom. The van der Waals surface area contributed by atoms with Crippen molar-refractivity contribution in [2.24, 2.45) is 5.41 Å². The molecule has 0 aliphatic heterocycles. The van der Waals surface area contributed by atoms with Gasteiger partial charge in [0.05, 0.1) is 0 Å². The monoisotopic (exact) mass is 353 g/mol. The van der Waals surface area contributed by atoms with Gasteiger partial charge in [0.25, 0.3) is 0 Å². The van der Waals surface area contributed by atoms with E-state index < -0.39 is 7.82 Å². The number of carbonyl (C=O) groups excluding carboxylic acids is 1. The highest BCUT2D eigenvalue weighted by Gasteiger charge is 2.28. The molecule has 0 saturated carbocycles. The van der Waals surface area contributed by atoms with Crippen molar-refractivity contribution in [3.63, 3.8) is 0 Å². The van der Waals surface area contributed by atoms with E-state index in [0.717, 1.165) is 6.42 Å². The highest BCUT2D eigenvalue weighted by Crippen LogP contribution is 2.26. The van der Waals surface area contributed by atoms with Gasteiger partial charge in [-0.25, -0.2) is 4.57 Å². The van der Waals surface area contributed by atoms with E-state index in [9.17, 15) is 4.79 Å². The zero-order valence-corrected chi connectivity index (χ0v) is 16.3. The molecule has 0 aliphatic rings. The molecular formula is C16H36NO5P. The molecule has 7 heteroatoms. The van der Waals surface area contributed by atoms with Gasteiger partial charge in [0.1, 0.15) is 0 Å². The molecule has 0 aromatic carbocycles. The van der Waals surface area contributed by atoms with E-state index in [1.807, 2.05) is 14.1 Å². The van der Waals surface area contributed by atoms with E-state index in [4.69, 9.17) is 19.2 Å². The molecule has 0 saturated heterocycles. The quantitative estimate of drug-likeness (QED) is 0.411. The molecule has 0 unspecified atom stereocenters. The van der Waals surface area contributed by atoms with E-state index >= 15 is 0 Å². The Morgan fingerprint density at radius 2 is 1.26 bits per heavy atom. The minimum Gasteiger partial charge on any atom is -0.348 e. The summed E-state index contributed by atoms with van der Waals surface area (Å²) < 4.78 is 8.88. The summed E-state index contributed by atoms with van der Waals surface area (Å²) in [5.74, 6) is 0.255. The van der Waals surface area contributed by atoms with Crippen LogP contribution in [-0.4, -0.2) is 39.6 Å². The molecule has 6 nitrogen and oxygen atoms in total. The number of rotatable bonds is 10. The van der Waals surface area contributed by atoms with Crippen LogP contribution < -0.4 is 0 Å². The molecular weight excluding hydrogens is 317 g/mol. The molecule has 1 amide bonds. The highest BCUT2D eigenvalue weighted by molar-refractivity contribution is 7.45. The Balaban J connectivity index is 0. The van der Waals surface area contributed by atoms with Crippen LogP contribution >= 0.6 is 7.82 Å². The topological polar surface area (TPSA) is 98.1 Å². The van der Waals surface area contributed by atoms with Crippen molar-refractivity contribution < 1.29 is 24.0 Å². The zero-order chi connectivity index (χ0) is 18.5. The first kappa shape index (κ1) is 24.8. The largest absolute Gasteiger partial charge is 0.466 e. The van der Waals surface area contributed by atoms with E-state index in [1.165, 1.54) is 51.4 Å². The first-order chi connectivity index (χ1) is 10.4. The summed E-state index contributed by atoms with van der Waals surface area (Å²) >= 11 is 0. The third-order valence-electron chi connectivity index (χ3n) is 3.64. The van der Waals surface area contributed by atoms with E-state index in [0.29, 0.717) is 0 Å². The molecule has 0 spiro atoms. The average molecular weight is 353 g/mol. The summed E-state index contributed by atoms with van der Waals surface area (Å²) in [7, 11) is -0.949. The van der Waals surface area contributed by atoms with Gasteiger partial charge in [0.2, 0.25) is 5.91 Å². The lowest BCUT2D eigenvalue weighted by Crippen LogP contribution is -2.35. The van der Waals surface area contributed by atoms with Crippen LogP contribution in [0.3, 0.4) is 0 Å². The molecule has 3 N–H and O–H groups in total. The molecule has 140 valence electrons. The van der Waals surface area contributed by atoms with Gasteiger partial charge in [-0.15, -0.1) is 0 Å². The smallest absolute Gasteiger partial charge is 0.348 e. The van der Waals surface area contributed by atoms with Gasteiger partial charge in [-0.1, -0.05) is 72.1 Å². The van der Waals surface area contributed by atoms with Crippen LogP contribution in [0.1, 0.15) is 78.6 Å². The molecule has 23 heavy (non-hydrogen) atoms. The normalized spacial score (nSPS) is 11.7. The Labute approximate surface area is 141 Å². The van der Waals surface area contributed by atoms with E-state index in [-0.39, 0.29) is 11.3 Å². The highest BCUT2D eigenvalue weighted by atomic mass is 31.2. The van der Waals surface area contributed by atoms with Gasteiger partial charge in [0.15, 0.2) is 0 Å². The summed E-state index contributed by atoms with van der Waals surface area (Å²) in [4.78, 5) is 35.2. The van der Waals surface area contributed by atoms with Gasteiger partial charge in [-0.2, -0.15) is 0 Å². The Bertz CT molecular complexity index is 344. The van der Waals surface area contributed by atoms with Crippen molar-refractivity contribution in [2.75, 3.05) is 14.1 Å². The average Bonchev–Trinajstić information content (AvgIpc) is 2.38. The van der Waals surface area contributed by atoms with Crippen LogP contribution in [0.25, 0.3) is 0 Å². The fourth-order valence-electron chi connectivity index (χ4n) is 2.41. The van der Waals surface area contributed by atoms with Crippen molar-refractivity contribution in [1.29, 1.82) is 0 Å². The lowest BCUT2D eigenvalue weighted by Gasteiger charge is -2.27. The molecule has 0 bridgehead atoms. The van der Waals surface area contributed by atoms with Gasteiger partial charge in [0, 0.05) is 19.5 Å². The molecule has 0 fully saturated rings. The SMILES string of the molecule is CCCCCCCCCCC(C)(C)C(=O)N(C)C.O=P(O)(O)O. The third kappa shape index (κ3) is 19.5. The first-order valence-corrected chi connectivity index (χ1v) is 9.98. The van der Waals surface area contributed by atoms with E-state index in [2.05, 4.69) is 20.8 Å². The van der Waals surface area contributed by atoms with Gasteiger partial charge >= 0.3 is 7.82 Å². The molecule has 0 aliphatic carbocycles.